The molecule has 0 atom stereocenters. The molecule has 1 spiro atoms. The molecule has 0 radical (unpaired) electrons. The van der Waals surface area contributed by atoms with E-state index >= 15 is 0 Å². The molecule has 0 bridgehead atoms. The summed E-state index contributed by atoms with van der Waals surface area (Å²) in [6, 6.07) is 9.23. The summed E-state index contributed by atoms with van der Waals surface area (Å²) < 4.78 is 5.28. The van der Waals surface area contributed by atoms with Crippen LogP contribution in [0.5, 0.6) is 5.88 Å². The van der Waals surface area contributed by atoms with Gasteiger partial charge in [-0.3, -0.25) is 14.6 Å². The van der Waals surface area contributed by atoms with Crippen molar-refractivity contribution in [3.05, 3.63) is 35.9 Å². The SMILES string of the molecule is COc1cc(C(=O)N2CCC3(CC2)N=C(C(C)(C)C)NC3=O)c2ccccc2n1. The Morgan fingerprint density at radius 3 is 2.52 bits per heavy atom. The summed E-state index contributed by atoms with van der Waals surface area (Å²) in [5, 5.41) is 3.75. The standard InChI is InChI=1S/C22H26N4O3/c1-21(2,3)19-24-20(28)22(25-19)9-11-26(12-10-22)18(27)15-13-17(29-4)23-16-8-6-5-7-14(15)16/h5-8,13H,9-12H2,1-4H3,(H,24,25,28). The van der Waals surface area contributed by atoms with Gasteiger partial charge >= 0.3 is 0 Å². The van der Waals surface area contributed by atoms with Gasteiger partial charge in [-0.25, -0.2) is 4.98 Å². The maximum absolute atomic E-state index is 13.3. The zero-order chi connectivity index (χ0) is 20.8. The normalized spacial score (nSPS) is 18.7. The highest BCUT2D eigenvalue weighted by Gasteiger charge is 2.48. The number of carbonyl (C=O) groups is 2. The third-order valence-electron chi connectivity index (χ3n) is 5.70. The van der Waals surface area contributed by atoms with E-state index in [2.05, 4.69) is 10.3 Å². The van der Waals surface area contributed by atoms with Gasteiger partial charge in [0.15, 0.2) is 0 Å². The van der Waals surface area contributed by atoms with E-state index in [4.69, 9.17) is 9.73 Å². The monoisotopic (exact) mass is 394 g/mol. The summed E-state index contributed by atoms with van der Waals surface area (Å²) >= 11 is 0. The lowest BCUT2D eigenvalue weighted by Gasteiger charge is -2.35. The molecule has 4 rings (SSSR count). The fraction of sp³-hybridized carbons (Fsp3) is 0.455. The van der Waals surface area contributed by atoms with Crippen LogP contribution in [0.4, 0.5) is 0 Å². The minimum Gasteiger partial charge on any atom is -0.481 e. The molecule has 7 heteroatoms. The fourth-order valence-electron chi connectivity index (χ4n) is 3.89. The Morgan fingerprint density at radius 1 is 1.21 bits per heavy atom. The number of fused-ring (bicyclic) bond motifs is 1. The molecule has 1 aromatic carbocycles. The molecule has 1 aromatic heterocycles. The highest BCUT2D eigenvalue weighted by Crippen LogP contribution is 2.34. The second-order valence-corrected chi connectivity index (χ2v) is 8.72. The molecule has 1 fully saturated rings. The molecule has 29 heavy (non-hydrogen) atoms. The van der Waals surface area contributed by atoms with Crippen molar-refractivity contribution in [2.45, 2.75) is 39.2 Å². The topological polar surface area (TPSA) is 83.9 Å². The van der Waals surface area contributed by atoms with Gasteiger partial charge in [0.25, 0.3) is 11.8 Å². The van der Waals surface area contributed by atoms with E-state index in [9.17, 15) is 9.59 Å². The van der Waals surface area contributed by atoms with Crippen LogP contribution in [0.3, 0.4) is 0 Å². The number of amides is 2. The van der Waals surface area contributed by atoms with Gasteiger partial charge in [0, 0.05) is 30.0 Å². The molecule has 2 aliphatic rings. The smallest absolute Gasteiger partial charge is 0.254 e. The number of piperidine rings is 1. The van der Waals surface area contributed by atoms with Gasteiger partial charge in [0.2, 0.25) is 5.88 Å². The number of rotatable bonds is 2. The lowest BCUT2D eigenvalue weighted by atomic mass is 9.87. The number of carbonyl (C=O) groups excluding carboxylic acids is 2. The Hall–Kier alpha value is -2.96. The van der Waals surface area contributed by atoms with Crippen molar-refractivity contribution < 1.29 is 14.3 Å². The zero-order valence-corrected chi connectivity index (χ0v) is 17.3. The molecule has 2 aliphatic heterocycles. The van der Waals surface area contributed by atoms with Crippen LogP contribution in [0.1, 0.15) is 44.0 Å². The number of ether oxygens (including phenoxy) is 1. The van der Waals surface area contributed by atoms with Gasteiger partial charge in [-0.2, -0.15) is 0 Å². The molecule has 1 N–H and O–H groups in total. The Labute approximate surface area is 170 Å². The minimum absolute atomic E-state index is 0.0504. The number of pyridine rings is 1. The summed E-state index contributed by atoms with van der Waals surface area (Å²) in [6.07, 6.45) is 1.04. The number of aliphatic imine (C=N–C) groups is 1. The molecule has 0 saturated carbocycles. The highest BCUT2D eigenvalue weighted by molar-refractivity contribution is 6.10. The summed E-state index contributed by atoms with van der Waals surface area (Å²) in [4.78, 5) is 36.9. The van der Waals surface area contributed by atoms with E-state index in [-0.39, 0.29) is 17.2 Å². The summed E-state index contributed by atoms with van der Waals surface area (Å²) in [5.74, 6) is 1.02. The summed E-state index contributed by atoms with van der Waals surface area (Å²) in [5.41, 5.74) is 0.326. The predicted octanol–water partition coefficient (Wildman–Crippen LogP) is 2.79. The largest absolute Gasteiger partial charge is 0.481 e. The van der Waals surface area contributed by atoms with Crippen LogP contribution < -0.4 is 10.1 Å². The Balaban J connectivity index is 1.59. The van der Waals surface area contributed by atoms with Crippen LogP contribution in [-0.2, 0) is 4.79 Å². The van der Waals surface area contributed by atoms with Crippen LogP contribution in [0, 0.1) is 5.41 Å². The quantitative estimate of drug-likeness (QED) is 0.849. The van der Waals surface area contributed by atoms with Crippen molar-refractivity contribution in [2.75, 3.05) is 20.2 Å². The van der Waals surface area contributed by atoms with E-state index in [1.54, 1.807) is 18.1 Å². The van der Waals surface area contributed by atoms with Crippen molar-refractivity contribution in [1.82, 2.24) is 15.2 Å². The van der Waals surface area contributed by atoms with Gasteiger partial charge in [-0.1, -0.05) is 39.0 Å². The molecular formula is C22H26N4O3. The van der Waals surface area contributed by atoms with Gasteiger partial charge in [-0.05, 0) is 18.9 Å². The number of hydrogen-bond donors (Lipinski definition) is 1. The first-order valence-corrected chi connectivity index (χ1v) is 9.88. The number of methoxy groups -OCH3 is 1. The molecule has 1 saturated heterocycles. The first kappa shape index (κ1) is 19.4. The lowest BCUT2D eigenvalue weighted by molar-refractivity contribution is -0.125. The summed E-state index contributed by atoms with van der Waals surface area (Å²) in [7, 11) is 1.54. The molecule has 3 heterocycles. The van der Waals surface area contributed by atoms with E-state index in [1.807, 2.05) is 45.0 Å². The second-order valence-electron chi connectivity index (χ2n) is 8.72. The van der Waals surface area contributed by atoms with E-state index in [0.717, 1.165) is 16.7 Å². The van der Waals surface area contributed by atoms with Crippen LogP contribution in [0.15, 0.2) is 35.3 Å². The number of hydrogen-bond acceptors (Lipinski definition) is 5. The van der Waals surface area contributed by atoms with Crippen molar-refractivity contribution in [3.63, 3.8) is 0 Å². The van der Waals surface area contributed by atoms with Crippen molar-refractivity contribution in [3.8, 4) is 5.88 Å². The minimum atomic E-state index is -0.753. The van der Waals surface area contributed by atoms with Gasteiger partial charge < -0.3 is 15.0 Å². The van der Waals surface area contributed by atoms with Crippen molar-refractivity contribution in [1.29, 1.82) is 0 Å². The zero-order valence-electron chi connectivity index (χ0n) is 17.3. The first-order valence-electron chi connectivity index (χ1n) is 9.88. The number of nitrogens with one attached hydrogen (secondary N) is 1. The average molecular weight is 394 g/mol. The maximum Gasteiger partial charge on any atom is 0.254 e. The van der Waals surface area contributed by atoms with E-state index < -0.39 is 5.54 Å². The van der Waals surface area contributed by atoms with Crippen LogP contribution >= 0.6 is 0 Å². The van der Waals surface area contributed by atoms with Crippen LogP contribution in [-0.4, -0.2) is 53.3 Å². The number of para-hydroxylation sites is 1. The fourth-order valence-corrected chi connectivity index (χ4v) is 3.89. The van der Waals surface area contributed by atoms with Gasteiger partial charge in [0.1, 0.15) is 11.4 Å². The van der Waals surface area contributed by atoms with E-state index in [0.29, 0.717) is 37.4 Å². The van der Waals surface area contributed by atoms with Crippen molar-refractivity contribution >= 4 is 28.6 Å². The molecule has 0 aliphatic carbocycles. The van der Waals surface area contributed by atoms with Crippen LogP contribution in [0.2, 0.25) is 0 Å². The Bertz CT molecular complexity index is 1010. The number of nitrogens with zero attached hydrogens (tertiary/aromatic N) is 3. The molecule has 0 unspecified atom stereocenters. The Morgan fingerprint density at radius 2 is 1.90 bits per heavy atom. The van der Waals surface area contributed by atoms with E-state index in [1.165, 1.54) is 0 Å². The predicted molar refractivity (Wildman–Crippen MR) is 111 cm³/mol. The third kappa shape index (κ3) is 3.34. The summed E-state index contributed by atoms with van der Waals surface area (Å²) in [6.45, 7) is 7.06. The van der Waals surface area contributed by atoms with Gasteiger partial charge in [0.05, 0.1) is 18.2 Å². The molecule has 2 amide bonds. The molecule has 2 aromatic rings. The maximum atomic E-state index is 13.3. The number of likely N-dealkylation sites (tertiary alicyclic amines) is 1. The lowest BCUT2D eigenvalue weighted by Crippen LogP contribution is -2.50. The Kier molecular flexibility index (Phi) is 4.56. The molecule has 152 valence electrons. The highest BCUT2D eigenvalue weighted by atomic mass is 16.5. The first-order chi connectivity index (χ1) is 13.7. The van der Waals surface area contributed by atoms with Crippen LogP contribution in [0.25, 0.3) is 10.9 Å². The second kappa shape index (κ2) is 6.83. The third-order valence-corrected chi connectivity index (χ3v) is 5.70. The van der Waals surface area contributed by atoms with Crippen molar-refractivity contribution in [2.24, 2.45) is 10.4 Å². The number of aromatic nitrogens is 1. The molecule has 7 nitrogen and oxygen atoms in total. The molecular weight excluding hydrogens is 368 g/mol. The number of amidine groups is 1. The number of benzene rings is 1. The average Bonchev–Trinajstić information content (AvgIpc) is 3.03. The van der Waals surface area contributed by atoms with Gasteiger partial charge in [-0.15, -0.1) is 0 Å².